The van der Waals surface area contributed by atoms with E-state index in [1.54, 1.807) is 4.90 Å². The number of Topliss-reactive ketones (excluding diaryl/α,β-unsaturated/α-hetero) is 1. The minimum absolute atomic E-state index is 0.0418. The first kappa shape index (κ1) is 14.4. The first-order valence-corrected chi connectivity index (χ1v) is 5.92. The molecule has 0 bridgehead atoms. The third kappa shape index (κ3) is 4.67. The molecule has 4 nitrogen and oxygen atoms in total. The van der Waals surface area contributed by atoms with Crippen LogP contribution in [0.2, 0.25) is 0 Å². The number of carbonyl (C=O) groups is 2. The molecule has 0 radical (unpaired) electrons. The molecule has 0 aromatic heterocycles. The van der Waals surface area contributed by atoms with E-state index in [2.05, 4.69) is 0 Å². The smallest absolute Gasteiger partial charge is 0.253 e. The maximum atomic E-state index is 11.5. The normalized spacial score (nSPS) is 14.8. The number of aryl methyl sites for hydroxylation is 1. The molecule has 0 aliphatic carbocycles. The molecule has 0 spiro atoms. The Morgan fingerprint density at radius 2 is 1.78 bits per heavy atom. The van der Waals surface area contributed by atoms with E-state index in [1.165, 1.54) is 19.4 Å². The molecule has 0 atom stereocenters. The van der Waals surface area contributed by atoms with E-state index in [1.807, 2.05) is 31.2 Å². The van der Waals surface area contributed by atoms with Gasteiger partial charge in [-0.2, -0.15) is 0 Å². The van der Waals surface area contributed by atoms with Crippen LogP contribution in [0.3, 0.4) is 0 Å². The first-order valence-electron chi connectivity index (χ1n) is 5.92. The highest BCUT2D eigenvalue weighted by Gasteiger charge is 2.19. The Hall–Kier alpha value is -1.68. The fourth-order valence-electron chi connectivity index (χ4n) is 1.52. The molecule has 18 heavy (non-hydrogen) atoms. The van der Waals surface area contributed by atoms with Gasteiger partial charge in [-0.25, -0.2) is 0 Å². The average Bonchev–Trinajstić information content (AvgIpc) is 2.30. The Labute approximate surface area is 108 Å². The van der Waals surface area contributed by atoms with Gasteiger partial charge in [0.1, 0.15) is 12.4 Å². The lowest BCUT2D eigenvalue weighted by Gasteiger charge is -2.26. The molecular weight excluding hydrogens is 230 g/mol. The van der Waals surface area contributed by atoms with Crippen LogP contribution in [-0.2, 0) is 14.3 Å². The van der Waals surface area contributed by atoms with Gasteiger partial charge in [0.15, 0.2) is 0 Å². The molecule has 1 amide bonds. The van der Waals surface area contributed by atoms with Gasteiger partial charge >= 0.3 is 0 Å². The van der Waals surface area contributed by atoms with E-state index in [0.29, 0.717) is 13.2 Å². The number of carbonyl (C=O) groups excluding carboxylic acids is 2. The average molecular weight is 249 g/mol. The van der Waals surface area contributed by atoms with Crippen molar-refractivity contribution in [2.45, 2.75) is 20.8 Å². The van der Waals surface area contributed by atoms with Crippen molar-refractivity contribution >= 4 is 17.4 Å². The Bertz CT molecular complexity index is 408. The van der Waals surface area contributed by atoms with E-state index in [-0.39, 0.29) is 18.3 Å². The molecule has 0 saturated carbocycles. The van der Waals surface area contributed by atoms with Crippen LogP contribution in [0.15, 0.2) is 24.3 Å². The predicted octanol–water partition coefficient (Wildman–Crippen LogP) is 1.95. The second kappa shape index (κ2) is 6.91. The van der Waals surface area contributed by atoms with Crippen molar-refractivity contribution in [3.8, 4) is 0 Å². The van der Waals surface area contributed by atoms with Crippen molar-refractivity contribution in [1.82, 2.24) is 0 Å². The van der Waals surface area contributed by atoms with E-state index in [0.717, 1.165) is 5.69 Å². The molecule has 2 rings (SSSR count). The lowest BCUT2D eigenvalue weighted by Crippen LogP contribution is -2.41. The first-order chi connectivity index (χ1) is 8.50. The van der Waals surface area contributed by atoms with Gasteiger partial charge in [-0.3, -0.25) is 4.79 Å². The summed E-state index contributed by atoms with van der Waals surface area (Å²) < 4.78 is 5.07. The van der Waals surface area contributed by atoms with E-state index in [4.69, 9.17) is 4.74 Å². The topological polar surface area (TPSA) is 46.6 Å². The highest BCUT2D eigenvalue weighted by Crippen LogP contribution is 2.16. The van der Waals surface area contributed by atoms with Gasteiger partial charge in [-0.1, -0.05) is 17.7 Å². The third-order valence-corrected chi connectivity index (χ3v) is 2.33. The van der Waals surface area contributed by atoms with E-state index >= 15 is 0 Å². The van der Waals surface area contributed by atoms with Crippen molar-refractivity contribution in [3.63, 3.8) is 0 Å². The van der Waals surface area contributed by atoms with Gasteiger partial charge in [-0.15, -0.1) is 0 Å². The van der Waals surface area contributed by atoms with Crippen molar-refractivity contribution in [3.05, 3.63) is 29.8 Å². The molecular formula is C14H19NO3. The Morgan fingerprint density at radius 1 is 1.22 bits per heavy atom. The number of rotatable bonds is 1. The summed E-state index contributed by atoms with van der Waals surface area (Å²) in [5.74, 6) is 0.208. The zero-order valence-corrected chi connectivity index (χ0v) is 11.1. The Morgan fingerprint density at radius 3 is 2.28 bits per heavy atom. The van der Waals surface area contributed by atoms with Crippen molar-refractivity contribution in [2.24, 2.45) is 0 Å². The van der Waals surface area contributed by atoms with Gasteiger partial charge < -0.3 is 14.4 Å². The lowest BCUT2D eigenvalue weighted by molar-refractivity contribution is -0.125. The maximum Gasteiger partial charge on any atom is 0.253 e. The summed E-state index contributed by atoms with van der Waals surface area (Å²) in [6, 6.07) is 7.97. The van der Waals surface area contributed by atoms with Crippen LogP contribution in [0.25, 0.3) is 0 Å². The summed E-state index contributed by atoms with van der Waals surface area (Å²) in [4.78, 5) is 22.7. The summed E-state index contributed by atoms with van der Waals surface area (Å²) in [6.07, 6.45) is 0. The predicted molar refractivity (Wildman–Crippen MR) is 70.7 cm³/mol. The van der Waals surface area contributed by atoms with E-state index in [9.17, 15) is 9.59 Å². The highest BCUT2D eigenvalue weighted by molar-refractivity contribution is 5.94. The summed E-state index contributed by atoms with van der Waals surface area (Å²) in [6.45, 7) is 6.57. The molecule has 1 aromatic rings. The van der Waals surface area contributed by atoms with Crippen LogP contribution in [-0.4, -0.2) is 31.4 Å². The van der Waals surface area contributed by atoms with Crippen molar-refractivity contribution in [1.29, 1.82) is 0 Å². The molecule has 1 aromatic carbocycles. The number of morpholine rings is 1. The zero-order chi connectivity index (χ0) is 13.5. The number of hydrogen-bond donors (Lipinski definition) is 0. The number of anilines is 1. The van der Waals surface area contributed by atoms with Crippen LogP contribution in [0.1, 0.15) is 19.4 Å². The number of benzene rings is 1. The standard InChI is InChI=1S/C11H13NO2.C3H6O/c1-9-2-4-10(5-3-9)12-6-7-14-8-11(12)13;1-3(2)4/h2-5H,6-8H2,1H3;1-2H3. The minimum atomic E-state index is 0.0418. The molecule has 98 valence electrons. The minimum Gasteiger partial charge on any atom is -0.370 e. The largest absolute Gasteiger partial charge is 0.370 e. The molecule has 1 aliphatic rings. The van der Waals surface area contributed by atoms with Crippen LogP contribution in [0.4, 0.5) is 5.69 Å². The summed E-state index contributed by atoms with van der Waals surface area (Å²) in [5.41, 5.74) is 2.17. The lowest BCUT2D eigenvalue weighted by atomic mass is 10.2. The van der Waals surface area contributed by atoms with Gasteiger partial charge in [0.2, 0.25) is 0 Å². The van der Waals surface area contributed by atoms with Gasteiger partial charge in [0, 0.05) is 12.2 Å². The van der Waals surface area contributed by atoms with Crippen LogP contribution >= 0.6 is 0 Å². The second-order valence-electron chi connectivity index (χ2n) is 4.34. The number of hydrogen-bond acceptors (Lipinski definition) is 3. The molecule has 1 aliphatic heterocycles. The molecule has 1 saturated heterocycles. The van der Waals surface area contributed by atoms with Gasteiger partial charge in [0.25, 0.3) is 5.91 Å². The van der Waals surface area contributed by atoms with Gasteiger partial charge in [0.05, 0.1) is 6.61 Å². The maximum absolute atomic E-state index is 11.5. The third-order valence-electron chi connectivity index (χ3n) is 2.33. The van der Waals surface area contributed by atoms with E-state index < -0.39 is 0 Å². The molecule has 1 heterocycles. The van der Waals surface area contributed by atoms with Gasteiger partial charge in [-0.05, 0) is 32.9 Å². The number of nitrogens with zero attached hydrogens (tertiary/aromatic N) is 1. The zero-order valence-electron chi connectivity index (χ0n) is 11.1. The number of ether oxygens (including phenoxy) is 1. The Balaban J connectivity index is 0.000000357. The van der Waals surface area contributed by atoms with Crippen molar-refractivity contribution in [2.75, 3.05) is 24.7 Å². The van der Waals surface area contributed by atoms with Crippen molar-refractivity contribution < 1.29 is 14.3 Å². The molecule has 0 N–H and O–H groups in total. The quantitative estimate of drug-likeness (QED) is 0.764. The summed E-state index contributed by atoms with van der Waals surface area (Å²) in [5, 5.41) is 0. The Kier molecular flexibility index (Phi) is 5.52. The fraction of sp³-hybridized carbons (Fsp3) is 0.429. The molecule has 4 heteroatoms. The summed E-state index contributed by atoms with van der Waals surface area (Å²) in [7, 11) is 0. The number of ketones is 1. The molecule has 0 unspecified atom stereocenters. The summed E-state index contributed by atoms with van der Waals surface area (Å²) >= 11 is 0. The fourth-order valence-corrected chi connectivity index (χ4v) is 1.52. The molecule has 1 fully saturated rings. The monoisotopic (exact) mass is 249 g/mol. The van der Waals surface area contributed by atoms with Crippen LogP contribution < -0.4 is 4.90 Å². The van der Waals surface area contributed by atoms with Crippen LogP contribution in [0.5, 0.6) is 0 Å². The highest BCUT2D eigenvalue weighted by atomic mass is 16.5. The SMILES string of the molecule is CC(C)=O.Cc1ccc(N2CCOCC2=O)cc1. The van der Waals surface area contributed by atoms with Crippen LogP contribution in [0, 0.1) is 6.92 Å². The number of amides is 1. The second-order valence-corrected chi connectivity index (χ2v) is 4.34.